The molecule has 2 rings (SSSR count). The van der Waals surface area contributed by atoms with Crippen molar-refractivity contribution in [1.29, 1.82) is 0 Å². The van der Waals surface area contributed by atoms with Gasteiger partial charge in [-0.3, -0.25) is 14.6 Å². The summed E-state index contributed by atoms with van der Waals surface area (Å²) in [5.41, 5.74) is 8.92. The predicted molar refractivity (Wildman–Crippen MR) is 93.0 cm³/mol. The molecule has 144 valence electrons. The zero-order valence-corrected chi connectivity index (χ0v) is 14.7. The van der Waals surface area contributed by atoms with Gasteiger partial charge in [0.15, 0.2) is 11.2 Å². The predicted octanol–water partition coefficient (Wildman–Crippen LogP) is -1.66. The Hall–Kier alpha value is -2.50. The van der Waals surface area contributed by atoms with E-state index in [0.717, 1.165) is 0 Å². The molecule has 0 aliphatic rings. The van der Waals surface area contributed by atoms with Crippen molar-refractivity contribution in [3.8, 4) is 0 Å². The van der Waals surface area contributed by atoms with Crippen molar-refractivity contribution < 1.29 is 19.7 Å². The van der Waals surface area contributed by atoms with Gasteiger partial charge in [-0.2, -0.15) is 4.98 Å². The number of anilines is 1. The molecule has 0 saturated carbocycles. The monoisotopic (exact) mass is 368 g/mol. The lowest BCUT2D eigenvalue weighted by Gasteiger charge is -2.30. The zero-order chi connectivity index (χ0) is 19.5. The minimum absolute atomic E-state index is 0.0427. The van der Waals surface area contributed by atoms with E-state index >= 15 is 0 Å². The second kappa shape index (κ2) is 7.40. The Balaban J connectivity index is 2.16. The first-order valence-electron chi connectivity index (χ1n) is 8.00. The lowest BCUT2D eigenvalue weighted by molar-refractivity contribution is -0.155. The number of ether oxygens (including phenoxy) is 1. The molecular formula is C15H24N6O5. The molecule has 2 aromatic rings. The molecule has 2 aromatic heterocycles. The third kappa shape index (κ3) is 4.18. The number of hydrogen-bond donors (Lipinski definition) is 5. The summed E-state index contributed by atoms with van der Waals surface area (Å²) in [6.07, 6.45) is 1.65. The van der Waals surface area contributed by atoms with Crippen LogP contribution >= 0.6 is 0 Å². The van der Waals surface area contributed by atoms with Crippen molar-refractivity contribution in [3.63, 3.8) is 0 Å². The van der Waals surface area contributed by atoms with Gasteiger partial charge in [0.05, 0.1) is 25.0 Å². The SMILES string of the molecule is CC(C)(N)C(=O)OCC(CO)(CO)CCn1cnc2c(=O)[nH]c(N)nc21. The minimum atomic E-state index is -1.18. The van der Waals surface area contributed by atoms with Crippen LogP contribution in [0.4, 0.5) is 5.95 Å². The molecule has 0 aromatic carbocycles. The molecule has 2 heterocycles. The van der Waals surface area contributed by atoms with Crippen LogP contribution < -0.4 is 17.0 Å². The Morgan fingerprint density at radius 2 is 2.04 bits per heavy atom. The number of nitrogen functional groups attached to an aromatic ring is 1. The molecule has 0 aliphatic heterocycles. The van der Waals surface area contributed by atoms with Gasteiger partial charge in [-0.05, 0) is 20.3 Å². The maximum absolute atomic E-state index is 11.8. The van der Waals surface area contributed by atoms with Crippen molar-refractivity contribution in [2.45, 2.75) is 32.4 Å². The highest BCUT2D eigenvalue weighted by atomic mass is 16.5. The van der Waals surface area contributed by atoms with E-state index in [-0.39, 0.29) is 36.7 Å². The number of nitrogens with zero attached hydrogens (tertiary/aromatic N) is 3. The molecule has 0 atom stereocenters. The lowest BCUT2D eigenvalue weighted by atomic mass is 9.87. The van der Waals surface area contributed by atoms with Crippen LogP contribution in [0.15, 0.2) is 11.1 Å². The summed E-state index contributed by atoms with van der Waals surface area (Å²) in [5.74, 6) is -0.684. The van der Waals surface area contributed by atoms with Gasteiger partial charge in [-0.1, -0.05) is 0 Å². The van der Waals surface area contributed by atoms with E-state index in [9.17, 15) is 19.8 Å². The maximum atomic E-state index is 11.8. The van der Waals surface area contributed by atoms with Crippen LogP contribution in [0, 0.1) is 5.41 Å². The third-order valence-electron chi connectivity index (χ3n) is 4.08. The summed E-state index contributed by atoms with van der Waals surface area (Å²) < 4.78 is 6.73. The highest BCUT2D eigenvalue weighted by Crippen LogP contribution is 2.24. The Labute approximate surface area is 149 Å². The van der Waals surface area contributed by atoms with Gasteiger partial charge in [0.1, 0.15) is 12.1 Å². The first-order chi connectivity index (χ1) is 12.1. The highest BCUT2D eigenvalue weighted by Gasteiger charge is 2.33. The van der Waals surface area contributed by atoms with Crippen molar-refractivity contribution in [2.24, 2.45) is 11.1 Å². The minimum Gasteiger partial charge on any atom is -0.464 e. The fourth-order valence-electron chi connectivity index (χ4n) is 2.27. The van der Waals surface area contributed by atoms with Gasteiger partial charge in [-0.15, -0.1) is 0 Å². The fraction of sp³-hybridized carbons (Fsp3) is 0.600. The van der Waals surface area contributed by atoms with Gasteiger partial charge in [0.25, 0.3) is 5.56 Å². The summed E-state index contributed by atoms with van der Waals surface area (Å²) in [6.45, 7) is 2.23. The topological polar surface area (TPSA) is 182 Å². The Morgan fingerprint density at radius 3 is 2.62 bits per heavy atom. The molecule has 0 saturated heterocycles. The number of fused-ring (bicyclic) bond motifs is 1. The van der Waals surface area contributed by atoms with Gasteiger partial charge < -0.3 is 31.0 Å². The molecular weight excluding hydrogens is 344 g/mol. The summed E-state index contributed by atoms with van der Waals surface area (Å²) in [7, 11) is 0. The van der Waals surface area contributed by atoms with E-state index in [0.29, 0.717) is 0 Å². The molecule has 0 aliphatic carbocycles. The Kier molecular flexibility index (Phi) is 5.64. The van der Waals surface area contributed by atoms with E-state index in [1.54, 1.807) is 4.57 Å². The van der Waals surface area contributed by atoms with Gasteiger partial charge in [-0.25, -0.2) is 4.98 Å². The molecule has 0 spiro atoms. The second-order valence-electron chi connectivity index (χ2n) is 6.93. The summed E-state index contributed by atoms with van der Waals surface area (Å²) in [4.78, 5) is 34.0. The van der Waals surface area contributed by atoms with E-state index in [1.807, 2.05) is 0 Å². The molecule has 7 N–H and O–H groups in total. The standard InChI is InChI=1S/C15H24N6O5/c1-14(2,17)12(25)26-7-15(5-22,6-23)3-4-21-8-18-9-10(21)19-13(16)20-11(9)24/h8,22-23H,3-7,17H2,1-2H3,(H3,16,19,20,24). The van der Waals surface area contributed by atoms with Crippen LogP contribution in [0.2, 0.25) is 0 Å². The molecule has 11 heteroatoms. The number of hydrogen-bond acceptors (Lipinski definition) is 9. The van der Waals surface area contributed by atoms with Gasteiger partial charge in [0.2, 0.25) is 5.95 Å². The average molecular weight is 368 g/mol. The summed E-state index contributed by atoms with van der Waals surface area (Å²) in [6, 6.07) is 0. The number of rotatable bonds is 8. The van der Waals surface area contributed by atoms with Gasteiger partial charge in [0, 0.05) is 6.54 Å². The number of aliphatic hydroxyl groups is 2. The quantitative estimate of drug-likeness (QED) is 0.340. The van der Waals surface area contributed by atoms with E-state index in [4.69, 9.17) is 16.2 Å². The number of aliphatic hydroxyl groups excluding tert-OH is 2. The number of nitrogens with one attached hydrogen (secondary N) is 1. The average Bonchev–Trinajstić information content (AvgIpc) is 2.98. The molecule has 0 unspecified atom stereocenters. The normalized spacial score (nSPS) is 12.5. The summed E-state index contributed by atoms with van der Waals surface area (Å²) >= 11 is 0. The second-order valence-corrected chi connectivity index (χ2v) is 6.93. The zero-order valence-electron chi connectivity index (χ0n) is 14.7. The van der Waals surface area contributed by atoms with E-state index in [1.165, 1.54) is 20.2 Å². The first kappa shape index (κ1) is 19.8. The molecule has 0 radical (unpaired) electrons. The van der Waals surface area contributed by atoms with E-state index in [2.05, 4.69) is 15.0 Å². The number of imidazole rings is 1. The number of aromatic nitrogens is 4. The van der Waals surface area contributed by atoms with Crippen molar-refractivity contribution in [2.75, 3.05) is 25.6 Å². The third-order valence-corrected chi connectivity index (χ3v) is 4.08. The number of carbonyl (C=O) groups is 1. The summed E-state index contributed by atoms with van der Waals surface area (Å²) in [5, 5.41) is 19.4. The van der Waals surface area contributed by atoms with Crippen molar-refractivity contribution in [1.82, 2.24) is 19.5 Å². The molecule has 0 amide bonds. The molecule has 0 fully saturated rings. The lowest BCUT2D eigenvalue weighted by Crippen LogP contribution is -2.45. The highest BCUT2D eigenvalue weighted by molar-refractivity contribution is 5.79. The first-order valence-corrected chi connectivity index (χ1v) is 8.00. The number of esters is 1. The number of aryl methyl sites for hydroxylation is 1. The van der Waals surface area contributed by atoms with Crippen LogP contribution in [-0.4, -0.2) is 61.1 Å². The number of H-pyrrole nitrogens is 1. The Morgan fingerprint density at radius 1 is 1.38 bits per heavy atom. The molecule has 0 bridgehead atoms. The van der Waals surface area contributed by atoms with Crippen LogP contribution in [0.3, 0.4) is 0 Å². The maximum Gasteiger partial charge on any atom is 0.325 e. The largest absolute Gasteiger partial charge is 0.464 e. The number of aromatic amines is 1. The number of carbonyl (C=O) groups excluding carboxylic acids is 1. The van der Waals surface area contributed by atoms with Crippen molar-refractivity contribution >= 4 is 23.1 Å². The van der Waals surface area contributed by atoms with Crippen LogP contribution in [-0.2, 0) is 16.1 Å². The van der Waals surface area contributed by atoms with Crippen molar-refractivity contribution in [3.05, 3.63) is 16.7 Å². The van der Waals surface area contributed by atoms with Gasteiger partial charge >= 0.3 is 5.97 Å². The molecule has 26 heavy (non-hydrogen) atoms. The van der Waals surface area contributed by atoms with Crippen LogP contribution in [0.25, 0.3) is 11.2 Å². The van der Waals surface area contributed by atoms with Crippen LogP contribution in [0.1, 0.15) is 20.3 Å². The fourth-order valence-corrected chi connectivity index (χ4v) is 2.27. The van der Waals surface area contributed by atoms with Crippen LogP contribution in [0.5, 0.6) is 0 Å². The smallest absolute Gasteiger partial charge is 0.325 e. The Bertz CT molecular complexity index is 833. The van der Waals surface area contributed by atoms with E-state index < -0.39 is 35.7 Å². The number of nitrogens with two attached hydrogens (primary N) is 2. The molecule has 11 nitrogen and oxygen atoms in total.